The summed E-state index contributed by atoms with van der Waals surface area (Å²) >= 11 is 0. The molecular weight excluding hydrogens is 196 g/mol. The highest BCUT2D eigenvalue weighted by Gasteiger charge is 2.36. The zero-order valence-corrected chi connectivity index (χ0v) is 9.73. The molecule has 1 aliphatic carbocycles. The third-order valence-corrected chi connectivity index (χ3v) is 3.98. The average molecular weight is 216 g/mol. The Morgan fingerprint density at radius 1 is 1.19 bits per heavy atom. The highest BCUT2D eigenvalue weighted by atomic mass is 15.1. The zero-order valence-electron chi connectivity index (χ0n) is 9.73. The van der Waals surface area contributed by atoms with Crippen molar-refractivity contribution in [2.45, 2.75) is 25.2 Å². The second-order valence-electron chi connectivity index (χ2n) is 5.07. The first-order valence-electron chi connectivity index (χ1n) is 6.44. The van der Waals surface area contributed by atoms with Crippen LogP contribution in [0.3, 0.4) is 0 Å². The van der Waals surface area contributed by atoms with Crippen LogP contribution in [0.1, 0.15) is 30.7 Å². The fourth-order valence-corrected chi connectivity index (χ4v) is 3.04. The fourth-order valence-electron chi connectivity index (χ4n) is 3.04. The molecule has 1 unspecified atom stereocenters. The van der Waals surface area contributed by atoms with Crippen LogP contribution in [0, 0.1) is 5.92 Å². The quantitative estimate of drug-likeness (QED) is 0.840. The monoisotopic (exact) mass is 216 g/mol. The Morgan fingerprint density at radius 2 is 2.00 bits per heavy atom. The largest absolute Gasteiger partial charge is 0.370 e. The van der Waals surface area contributed by atoms with Crippen LogP contribution < -0.4 is 10.6 Å². The topological polar surface area (TPSA) is 29.3 Å². The molecule has 1 aromatic carbocycles. The molecule has 16 heavy (non-hydrogen) atoms. The lowest BCUT2D eigenvalue weighted by atomic mass is 9.86. The molecule has 1 atom stereocenters. The van der Waals surface area contributed by atoms with E-state index in [1.807, 2.05) is 0 Å². The number of nitrogens with two attached hydrogens (primary N) is 1. The highest BCUT2D eigenvalue weighted by molar-refractivity contribution is 5.57. The molecule has 0 bridgehead atoms. The minimum atomic E-state index is 0.752. The lowest BCUT2D eigenvalue weighted by Crippen LogP contribution is -2.35. The number of anilines is 1. The van der Waals surface area contributed by atoms with Gasteiger partial charge in [-0.3, -0.25) is 0 Å². The van der Waals surface area contributed by atoms with Gasteiger partial charge in [-0.15, -0.1) is 0 Å². The van der Waals surface area contributed by atoms with E-state index in [4.69, 9.17) is 5.73 Å². The van der Waals surface area contributed by atoms with Crippen molar-refractivity contribution in [3.63, 3.8) is 0 Å². The Labute approximate surface area is 97.4 Å². The van der Waals surface area contributed by atoms with Gasteiger partial charge >= 0.3 is 0 Å². The van der Waals surface area contributed by atoms with Crippen LogP contribution in [-0.4, -0.2) is 19.6 Å². The van der Waals surface area contributed by atoms with Gasteiger partial charge in [0.05, 0.1) is 0 Å². The normalized spacial score (nSPS) is 24.3. The molecule has 0 aromatic heterocycles. The van der Waals surface area contributed by atoms with E-state index in [1.165, 1.54) is 31.5 Å². The molecule has 86 valence electrons. The zero-order chi connectivity index (χ0) is 11.0. The summed E-state index contributed by atoms with van der Waals surface area (Å²) in [4.78, 5) is 2.45. The molecular formula is C14H20N2. The molecule has 1 heterocycles. The van der Waals surface area contributed by atoms with Crippen LogP contribution in [0.15, 0.2) is 24.3 Å². The number of hydrogen-bond acceptors (Lipinski definition) is 2. The van der Waals surface area contributed by atoms with Crippen LogP contribution in [0.5, 0.6) is 0 Å². The minimum Gasteiger partial charge on any atom is -0.370 e. The Bertz CT molecular complexity index is 371. The van der Waals surface area contributed by atoms with Gasteiger partial charge in [0.2, 0.25) is 0 Å². The molecule has 3 rings (SSSR count). The van der Waals surface area contributed by atoms with E-state index >= 15 is 0 Å². The van der Waals surface area contributed by atoms with E-state index in [-0.39, 0.29) is 0 Å². The van der Waals surface area contributed by atoms with Gasteiger partial charge in [-0.2, -0.15) is 0 Å². The summed E-state index contributed by atoms with van der Waals surface area (Å²) in [6, 6.07) is 8.91. The van der Waals surface area contributed by atoms with Gasteiger partial charge in [-0.1, -0.05) is 18.2 Å². The SMILES string of the molecule is NCCN1CCC(C2CC2)c2ccccc21. The van der Waals surface area contributed by atoms with Crippen molar-refractivity contribution >= 4 is 5.69 Å². The third kappa shape index (κ3) is 1.71. The van der Waals surface area contributed by atoms with Gasteiger partial charge in [0.25, 0.3) is 0 Å². The average Bonchev–Trinajstić information content (AvgIpc) is 3.14. The van der Waals surface area contributed by atoms with Crippen molar-refractivity contribution in [3.05, 3.63) is 29.8 Å². The van der Waals surface area contributed by atoms with Gasteiger partial charge in [0.15, 0.2) is 0 Å². The third-order valence-electron chi connectivity index (χ3n) is 3.98. The van der Waals surface area contributed by atoms with Crippen molar-refractivity contribution in [3.8, 4) is 0 Å². The summed E-state index contributed by atoms with van der Waals surface area (Å²) in [7, 11) is 0. The number of rotatable bonds is 3. The summed E-state index contributed by atoms with van der Waals surface area (Å²) < 4.78 is 0. The molecule has 1 aliphatic heterocycles. The first-order valence-corrected chi connectivity index (χ1v) is 6.44. The second-order valence-corrected chi connectivity index (χ2v) is 5.07. The first kappa shape index (κ1) is 10.2. The Balaban J connectivity index is 1.92. The van der Waals surface area contributed by atoms with Gasteiger partial charge < -0.3 is 10.6 Å². The van der Waals surface area contributed by atoms with E-state index in [2.05, 4.69) is 29.2 Å². The predicted molar refractivity (Wildman–Crippen MR) is 67.8 cm³/mol. The summed E-state index contributed by atoms with van der Waals surface area (Å²) in [5.41, 5.74) is 8.70. The van der Waals surface area contributed by atoms with Crippen LogP contribution in [0.4, 0.5) is 5.69 Å². The number of para-hydroxylation sites is 1. The molecule has 0 radical (unpaired) electrons. The predicted octanol–water partition coefficient (Wildman–Crippen LogP) is 2.35. The lowest BCUT2D eigenvalue weighted by molar-refractivity contribution is 0.525. The maximum atomic E-state index is 5.68. The Morgan fingerprint density at radius 3 is 2.75 bits per heavy atom. The van der Waals surface area contributed by atoms with Crippen LogP contribution in [-0.2, 0) is 0 Å². The molecule has 2 aliphatic rings. The molecule has 1 saturated carbocycles. The van der Waals surface area contributed by atoms with Crippen molar-refractivity contribution in [1.29, 1.82) is 0 Å². The summed E-state index contributed by atoms with van der Waals surface area (Å²) in [6.07, 6.45) is 4.20. The molecule has 0 amide bonds. The van der Waals surface area contributed by atoms with E-state index in [0.717, 1.165) is 24.9 Å². The van der Waals surface area contributed by atoms with Crippen LogP contribution in [0.25, 0.3) is 0 Å². The number of fused-ring (bicyclic) bond motifs is 1. The van der Waals surface area contributed by atoms with Crippen molar-refractivity contribution < 1.29 is 0 Å². The molecule has 2 nitrogen and oxygen atoms in total. The summed E-state index contributed by atoms with van der Waals surface area (Å²) in [5, 5.41) is 0. The van der Waals surface area contributed by atoms with Crippen molar-refractivity contribution in [2.75, 3.05) is 24.5 Å². The second kappa shape index (κ2) is 4.10. The molecule has 0 saturated heterocycles. The Kier molecular flexibility index (Phi) is 2.60. The first-order chi connectivity index (χ1) is 7.90. The van der Waals surface area contributed by atoms with Gasteiger partial charge in [0, 0.05) is 25.3 Å². The van der Waals surface area contributed by atoms with Gasteiger partial charge in [0.1, 0.15) is 0 Å². The lowest BCUT2D eigenvalue weighted by Gasteiger charge is -2.35. The van der Waals surface area contributed by atoms with E-state index in [9.17, 15) is 0 Å². The van der Waals surface area contributed by atoms with E-state index in [0.29, 0.717) is 0 Å². The summed E-state index contributed by atoms with van der Waals surface area (Å²) in [6.45, 7) is 2.94. The van der Waals surface area contributed by atoms with E-state index in [1.54, 1.807) is 5.56 Å². The number of nitrogens with zero attached hydrogens (tertiary/aromatic N) is 1. The number of benzene rings is 1. The smallest absolute Gasteiger partial charge is 0.0402 e. The highest BCUT2D eigenvalue weighted by Crippen LogP contribution is 2.49. The van der Waals surface area contributed by atoms with Crippen molar-refractivity contribution in [2.24, 2.45) is 11.7 Å². The van der Waals surface area contributed by atoms with Gasteiger partial charge in [-0.05, 0) is 42.7 Å². The van der Waals surface area contributed by atoms with Crippen LogP contribution in [0.2, 0.25) is 0 Å². The molecule has 1 aromatic rings. The molecule has 2 N–H and O–H groups in total. The summed E-state index contributed by atoms with van der Waals surface area (Å²) in [5.74, 6) is 1.80. The van der Waals surface area contributed by atoms with Crippen LogP contribution >= 0.6 is 0 Å². The minimum absolute atomic E-state index is 0.752. The maximum Gasteiger partial charge on any atom is 0.0402 e. The maximum absolute atomic E-state index is 5.68. The number of hydrogen-bond donors (Lipinski definition) is 1. The molecule has 2 heteroatoms. The standard InChI is InChI=1S/C14H20N2/c15-8-10-16-9-7-12(11-5-6-11)13-3-1-2-4-14(13)16/h1-4,11-12H,5-10,15H2. The molecule has 0 spiro atoms. The van der Waals surface area contributed by atoms with Gasteiger partial charge in [-0.25, -0.2) is 0 Å². The van der Waals surface area contributed by atoms with E-state index < -0.39 is 0 Å². The van der Waals surface area contributed by atoms with Crippen molar-refractivity contribution in [1.82, 2.24) is 0 Å². The Hall–Kier alpha value is -1.02. The molecule has 1 fully saturated rings. The fraction of sp³-hybridized carbons (Fsp3) is 0.571.